The normalized spacial score (nSPS) is 12.2. The van der Waals surface area contributed by atoms with Gasteiger partial charge in [-0.2, -0.15) is 0 Å². The lowest BCUT2D eigenvalue weighted by Gasteiger charge is -2.21. The minimum absolute atomic E-state index is 0.414. The van der Waals surface area contributed by atoms with Crippen molar-refractivity contribution in [2.75, 3.05) is 13.6 Å². The lowest BCUT2D eigenvalue weighted by atomic mass is 10.1. The molecule has 1 heterocycles. The molecule has 1 aromatic heterocycles. The van der Waals surface area contributed by atoms with Gasteiger partial charge in [-0.25, -0.2) is 0 Å². The number of aliphatic carboxylic acids is 1. The number of carboxylic acid groups (broad SMARTS) is 1. The summed E-state index contributed by atoms with van der Waals surface area (Å²) in [6.07, 6.45) is 3.48. The van der Waals surface area contributed by atoms with Crippen molar-refractivity contribution in [2.45, 2.75) is 20.1 Å². The number of rotatable bonds is 8. The van der Waals surface area contributed by atoms with Crippen LogP contribution in [-0.2, 0) is 17.9 Å². The van der Waals surface area contributed by atoms with Crippen molar-refractivity contribution in [1.82, 2.24) is 9.88 Å². The maximum absolute atomic E-state index is 11.0. The molecule has 128 valence electrons. The first-order valence-electron chi connectivity index (χ1n) is 7.67. The predicted molar refractivity (Wildman–Crippen MR) is 93.2 cm³/mol. The average Bonchev–Trinajstić information content (AvgIpc) is 2.55. The van der Waals surface area contributed by atoms with Crippen molar-refractivity contribution in [1.29, 1.82) is 0 Å². The van der Waals surface area contributed by atoms with Crippen molar-refractivity contribution < 1.29 is 14.6 Å². The Bertz CT molecular complexity index is 679. The van der Waals surface area contributed by atoms with Crippen LogP contribution >= 0.6 is 11.6 Å². The molecule has 1 unspecified atom stereocenters. The van der Waals surface area contributed by atoms with Crippen molar-refractivity contribution in [2.24, 2.45) is 5.92 Å². The molecule has 0 radical (unpaired) electrons. The van der Waals surface area contributed by atoms with Gasteiger partial charge in [0.25, 0.3) is 0 Å². The predicted octanol–water partition coefficient (Wildman–Crippen LogP) is 3.47. The van der Waals surface area contributed by atoms with E-state index < -0.39 is 11.9 Å². The zero-order chi connectivity index (χ0) is 17.5. The number of halogens is 1. The quantitative estimate of drug-likeness (QED) is 0.791. The van der Waals surface area contributed by atoms with Gasteiger partial charge in [0.05, 0.1) is 5.92 Å². The Morgan fingerprint density at radius 2 is 2.21 bits per heavy atom. The third-order valence-electron chi connectivity index (χ3n) is 3.59. The van der Waals surface area contributed by atoms with Crippen LogP contribution in [0.25, 0.3) is 0 Å². The fourth-order valence-electron chi connectivity index (χ4n) is 2.36. The maximum atomic E-state index is 11.0. The molecule has 24 heavy (non-hydrogen) atoms. The molecule has 0 aliphatic heterocycles. The highest BCUT2D eigenvalue weighted by atomic mass is 35.5. The van der Waals surface area contributed by atoms with E-state index in [9.17, 15) is 4.79 Å². The fraction of sp³-hybridized carbons (Fsp3) is 0.333. The smallest absolute Gasteiger partial charge is 0.307 e. The second kappa shape index (κ2) is 8.66. The summed E-state index contributed by atoms with van der Waals surface area (Å²) in [7, 11) is 1.88. The SMILES string of the molecule is CC(CN(C)Cc1cc(Cl)ccc1OCc1cccnc1)C(=O)O. The van der Waals surface area contributed by atoms with Crippen LogP contribution in [0.1, 0.15) is 18.1 Å². The van der Waals surface area contributed by atoms with E-state index in [4.69, 9.17) is 21.4 Å². The van der Waals surface area contributed by atoms with E-state index in [0.717, 1.165) is 16.9 Å². The van der Waals surface area contributed by atoms with Crippen LogP contribution in [0.5, 0.6) is 5.75 Å². The summed E-state index contributed by atoms with van der Waals surface area (Å²) in [5.74, 6) is -0.506. The van der Waals surface area contributed by atoms with Crippen LogP contribution < -0.4 is 4.74 Å². The molecule has 1 atom stereocenters. The fourth-order valence-corrected chi connectivity index (χ4v) is 2.55. The highest BCUT2D eigenvalue weighted by molar-refractivity contribution is 6.30. The molecule has 6 heteroatoms. The third kappa shape index (κ3) is 5.51. The van der Waals surface area contributed by atoms with Gasteiger partial charge >= 0.3 is 5.97 Å². The summed E-state index contributed by atoms with van der Waals surface area (Å²) in [5, 5.41) is 9.65. The monoisotopic (exact) mass is 348 g/mol. The molecular weight excluding hydrogens is 328 g/mol. The van der Waals surface area contributed by atoms with E-state index in [1.165, 1.54) is 0 Å². The molecule has 0 spiro atoms. The first kappa shape index (κ1) is 18.2. The van der Waals surface area contributed by atoms with Gasteiger partial charge in [0, 0.05) is 41.6 Å². The Balaban J connectivity index is 2.05. The molecule has 0 amide bonds. The molecule has 0 saturated carbocycles. The van der Waals surface area contributed by atoms with Crippen molar-refractivity contribution in [3.63, 3.8) is 0 Å². The number of aromatic nitrogens is 1. The first-order chi connectivity index (χ1) is 11.5. The third-order valence-corrected chi connectivity index (χ3v) is 3.82. The van der Waals surface area contributed by atoms with Gasteiger partial charge in [-0.1, -0.05) is 24.6 Å². The molecule has 0 aliphatic carbocycles. The standard InChI is InChI=1S/C18H21ClN2O3/c1-13(18(22)23)10-21(2)11-15-8-16(19)5-6-17(15)24-12-14-4-3-7-20-9-14/h3-9,13H,10-12H2,1-2H3,(H,22,23). The molecular formula is C18H21ClN2O3. The second-order valence-electron chi connectivity index (χ2n) is 5.84. The molecule has 0 bridgehead atoms. The first-order valence-corrected chi connectivity index (χ1v) is 8.05. The molecule has 0 fully saturated rings. The molecule has 0 aliphatic rings. The number of carboxylic acids is 1. The lowest BCUT2D eigenvalue weighted by Crippen LogP contribution is -2.28. The van der Waals surface area contributed by atoms with Gasteiger partial charge in [-0.3, -0.25) is 9.78 Å². The van der Waals surface area contributed by atoms with E-state index in [1.807, 2.05) is 36.2 Å². The number of nitrogens with zero attached hydrogens (tertiary/aromatic N) is 2. The molecule has 0 saturated heterocycles. The average molecular weight is 349 g/mol. The van der Waals surface area contributed by atoms with E-state index in [-0.39, 0.29) is 0 Å². The van der Waals surface area contributed by atoms with Crippen LogP contribution in [0.4, 0.5) is 0 Å². The summed E-state index contributed by atoms with van der Waals surface area (Å²) in [4.78, 5) is 17.0. The summed E-state index contributed by atoms with van der Waals surface area (Å²) in [6.45, 7) is 3.11. The maximum Gasteiger partial charge on any atom is 0.307 e. The number of benzene rings is 1. The van der Waals surface area contributed by atoms with Crippen LogP contribution in [0.3, 0.4) is 0 Å². The molecule has 2 rings (SSSR count). The van der Waals surface area contributed by atoms with E-state index in [2.05, 4.69) is 4.98 Å². The molecule has 2 aromatic rings. The van der Waals surface area contributed by atoms with Gasteiger partial charge in [0.2, 0.25) is 0 Å². The zero-order valence-corrected chi connectivity index (χ0v) is 14.5. The summed E-state index contributed by atoms with van der Waals surface area (Å²) >= 11 is 6.10. The summed E-state index contributed by atoms with van der Waals surface area (Å²) in [6, 6.07) is 9.28. The van der Waals surface area contributed by atoms with E-state index in [0.29, 0.717) is 24.7 Å². The lowest BCUT2D eigenvalue weighted by molar-refractivity contribution is -0.141. The Morgan fingerprint density at radius 1 is 1.42 bits per heavy atom. The van der Waals surface area contributed by atoms with Crippen LogP contribution in [0.2, 0.25) is 5.02 Å². The number of carbonyl (C=O) groups is 1. The van der Waals surface area contributed by atoms with Crippen LogP contribution in [0.15, 0.2) is 42.7 Å². The van der Waals surface area contributed by atoms with Crippen molar-refractivity contribution in [3.8, 4) is 5.75 Å². The molecule has 1 aromatic carbocycles. The highest BCUT2D eigenvalue weighted by Crippen LogP contribution is 2.25. The Morgan fingerprint density at radius 3 is 2.88 bits per heavy atom. The van der Waals surface area contributed by atoms with Gasteiger partial charge in [0.15, 0.2) is 0 Å². The highest BCUT2D eigenvalue weighted by Gasteiger charge is 2.15. The minimum atomic E-state index is -0.805. The Hall–Kier alpha value is -2.11. The minimum Gasteiger partial charge on any atom is -0.489 e. The molecule has 1 N–H and O–H groups in total. The number of ether oxygens (including phenoxy) is 1. The number of hydrogen-bond donors (Lipinski definition) is 1. The molecule has 5 nitrogen and oxygen atoms in total. The number of hydrogen-bond acceptors (Lipinski definition) is 4. The van der Waals surface area contributed by atoms with E-state index in [1.54, 1.807) is 25.4 Å². The van der Waals surface area contributed by atoms with Crippen LogP contribution in [-0.4, -0.2) is 34.6 Å². The Labute approximate surface area is 146 Å². The van der Waals surface area contributed by atoms with Gasteiger partial charge in [0.1, 0.15) is 12.4 Å². The largest absolute Gasteiger partial charge is 0.489 e. The van der Waals surface area contributed by atoms with E-state index >= 15 is 0 Å². The van der Waals surface area contributed by atoms with Gasteiger partial charge in [-0.05, 0) is 31.3 Å². The summed E-state index contributed by atoms with van der Waals surface area (Å²) < 4.78 is 5.89. The van der Waals surface area contributed by atoms with Gasteiger partial charge < -0.3 is 14.7 Å². The van der Waals surface area contributed by atoms with Gasteiger partial charge in [-0.15, -0.1) is 0 Å². The second-order valence-corrected chi connectivity index (χ2v) is 6.27. The van der Waals surface area contributed by atoms with Crippen LogP contribution in [0, 0.1) is 5.92 Å². The zero-order valence-electron chi connectivity index (χ0n) is 13.8. The van der Waals surface area contributed by atoms with Crippen molar-refractivity contribution >= 4 is 17.6 Å². The topological polar surface area (TPSA) is 62.7 Å². The van der Waals surface area contributed by atoms with Crippen molar-refractivity contribution in [3.05, 3.63) is 58.9 Å². The Kier molecular flexibility index (Phi) is 6.58. The summed E-state index contributed by atoms with van der Waals surface area (Å²) in [5.41, 5.74) is 1.90. The number of pyridine rings is 1.